The summed E-state index contributed by atoms with van der Waals surface area (Å²) in [6.07, 6.45) is 2.69. The number of benzene rings is 2. The zero-order valence-corrected chi connectivity index (χ0v) is 12.4. The van der Waals surface area contributed by atoms with Gasteiger partial charge in [0.05, 0.1) is 12.5 Å². The first kappa shape index (κ1) is 13.9. The fourth-order valence-electron chi connectivity index (χ4n) is 3.54. The monoisotopic (exact) mass is 284 g/mol. The van der Waals surface area contributed by atoms with E-state index < -0.39 is 11.4 Å². The third-order valence-corrected chi connectivity index (χ3v) is 4.92. The van der Waals surface area contributed by atoms with Crippen LogP contribution < -0.4 is 4.74 Å². The van der Waals surface area contributed by atoms with E-state index in [2.05, 4.69) is 18.2 Å². The Morgan fingerprint density at radius 3 is 2.67 bits per heavy atom. The van der Waals surface area contributed by atoms with Crippen LogP contribution in [0.1, 0.15) is 37.7 Å². The van der Waals surface area contributed by atoms with E-state index in [1.165, 1.54) is 0 Å². The summed E-state index contributed by atoms with van der Waals surface area (Å²) in [4.78, 5) is 11.6. The van der Waals surface area contributed by atoms with Gasteiger partial charge in [-0.1, -0.05) is 30.7 Å². The smallest absolute Gasteiger partial charge is 0.309 e. The van der Waals surface area contributed by atoms with Crippen molar-refractivity contribution in [2.75, 3.05) is 7.11 Å². The fraction of sp³-hybridized carbons (Fsp3) is 0.389. The maximum Gasteiger partial charge on any atom is 0.309 e. The van der Waals surface area contributed by atoms with Crippen molar-refractivity contribution < 1.29 is 14.6 Å². The van der Waals surface area contributed by atoms with Gasteiger partial charge in [-0.05, 0) is 54.2 Å². The van der Waals surface area contributed by atoms with E-state index in [-0.39, 0.29) is 5.92 Å². The first-order chi connectivity index (χ1) is 10.0. The Hall–Kier alpha value is -2.03. The molecule has 3 rings (SSSR count). The molecule has 1 saturated carbocycles. The zero-order chi connectivity index (χ0) is 15.0. The second kappa shape index (κ2) is 5.06. The minimum Gasteiger partial charge on any atom is -0.497 e. The maximum atomic E-state index is 11.6. The van der Waals surface area contributed by atoms with Gasteiger partial charge in [0.25, 0.3) is 0 Å². The van der Waals surface area contributed by atoms with Crippen LogP contribution in [0.25, 0.3) is 10.8 Å². The molecule has 0 aromatic heterocycles. The number of ether oxygens (including phenoxy) is 1. The van der Waals surface area contributed by atoms with E-state index in [9.17, 15) is 9.90 Å². The number of hydrogen-bond donors (Lipinski definition) is 1. The molecule has 2 aromatic carbocycles. The summed E-state index contributed by atoms with van der Waals surface area (Å²) in [6.45, 7) is 1.88. The second-order valence-electron chi connectivity index (χ2n) is 6.14. The van der Waals surface area contributed by atoms with Gasteiger partial charge in [-0.15, -0.1) is 0 Å². The van der Waals surface area contributed by atoms with E-state index in [0.717, 1.165) is 41.3 Å². The molecule has 0 bridgehead atoms. The number of methoxy groups -OCH3 is 1. The second-order valence-corrected chi connectivity index (χ2v) is 6.14. The Morgan fingerprint density at radius 1 is 1.24 bits per heavy atom. The largest absolute Gasteiger partial charge is 0.497 e. The lowest BCUT2D eigenvalue weighted by Crippen LogP contribution is -2.30. The van der Waals surface area contributed by atoms with Crippen molar-refractivity contribution in [3.05, 3.63) is 42.0 Å². The number of aliphatic carboxylic acids is 1. The minimum atomic E-state index is -0.681. The van der Waals surface area contributed by atoms with Gasteiger partial charge in [0.2, 0.25) is 0 Å². The van der Waals surface area contributed by atoms with Crippen LogP contribution in [0.2, 0.25) is 0 Å². The van der Waals surface area contributed by atoms with E-state index in [4.69, 9.17) is 4.74 Å². The van der Waals surface area contributed by atoms with Crippen LogP contribution in [0.15, 0.2) is 36.4 Å². The molecular weight excluding hydrogens is 264 g/mol. The zero-order valence-electron chi connectivity index (χ0n) is 12.4. The van der Waals surface area contributed by atoms with E-state index >= 15 is 0 Å². The highest BCUT2D eigenvalue weighted by molar-refractivity contribution is 5.85. The predicted octanol–water partition coefficient (Wildman–Crippen LogP) is 4.21. The predicted molar refractivity (Wildman–Crippen MR) is 82.8 cm³/mol. The van der Waals surface area contributed by atoms with Crippen molar-refractivity contribution >= 4 is 16.7 Å². The van der Waals surface area contributed by atoms with Crippen LogP contribution in [-0.2, 0) is 4.79 Å². The van der Waals surface area contributed by atoms with Crippen molar-refractivity contribution in [2.45, 2.75) is 32.1 Å². The van der Waals surface area contributed by atoms with Crippen LogP contribution in [0.3, 0.4) is 0 Å². The summed E-state index contributed by atoms with van der Waals surface area (Å²) in [7, 11) is 1.66. The van der Waals surface area contributed by atoms with Crippen molar-refractivity contribution in [1.29, 1.82) is 0 Å². The molecule has 0 radical (unpaired) electrons. The minimum absolute atomic E-state index is 0.0986. The Bertz CT molecular complexity index is 692. The molecule has 0 amide bonds. The average molecular weight is 284 g/mol. The number of fused-ring (bicyclic) bond motifs is 1. The van der Waals surface area contributed by atoms with Crippen LogP contribution in [0.5, 0.6) is 5.75 Å². The fourth-order valence-corrected chi connectivity index (χ4v) is 3.54. The summed E-state index contributed by atoms with van der Waals surface area (Å²) in [5.74, 6) is 0.257. The highest BCUT2D eigenvalue weighted by Crippen LogP contribution is 2.49. The molecule has 21 heavy (non-hydrogen) atoms. The van der Waals surface area contributed by atoms with E-state index in [1.807, 2.05) is 25.1 Å². The van der Waals surface area contributed by atoms with Gasteiger partial charge in [-0.25, -0.2) is 0 Å². The topological polar surface area (TPSA) is 46.5 Å². The summed E-state index contributed by atoms with van der Waals surface area (Å²) in [6, 6.07) is 12.2. The molecule has 0 saturated heterocycles. The lowest BCUT2D eigenvalue weighted by Gasteiger charge is -2.27. The maximum absolute atomic E-state index is 11.6. The molecule has 1 fully saturated rings. The first-order valence-corrected chi connectivity index (χ1v) is 7.36. The molecule has 3 nitrogen and oxygen atoms in total. The number of rotatable bonds is 3. The molecule has 0 spiro atoms. The number of carboxylic acids is 1. The van der Waals surface area contributed by atoms with Gasteiger partial charge in [0.15, 0.2) is 0 Å². The Kier molecular flexibility index (Phi) is 3.36. The average Bonchev–Trinajstić information content (AvgIpc) is 2.89. The molecule has 0 unspecified atom stereocenters. The third kappa shape index (κ3) is 2.27. The lowest BCUT2D eigenvalue weighted by molar-refractivity contribution is -0.148. The summed E-state index contributed by atoms with van der Waals surface area (Å²) < 4.78 is 5.24. The standard InChI is InChI=1S/C18H20O3/c1-18(17(19)20)9-3-4-16(18)14-6-5-13-11-15(21-2)8-7-12(13)10-14/h5-8,10-11,16H,3-4,9H2,1-2H3,(H,19,20)/t16-,18-/m1/s1. The Morgan fingerprint density at radius 2 is 1.95 bits per heavy atom. The highest BCUT2D eigenvalue weighted by atomic mass is 16.5. The van der Waals surface area contributed by atoms with E-state index in [1.54, 1.807) is 7.11 Å². The van der Waals surface area contributed by atoms with Gasteiger partial charge >= 0.3 is 5.97 Å². The molecule has 0 aliphatic heterocycles. The molecule has 2 atom stereocenters. The number of carboxylic acid groups (broad SMARTS) is 1. The summed E-state index contributed by atoms with van der Waals surface area (Å²) in [5.41, 5.74) is 0.496. The molecule has 2 aromatic rings. The molecular formula is C18H20O3. The third-order valence-electron chi connectivity index (χ3n) is 4.92. The first-order valence-electron chi connectivity index (χ1n) is 7.36. The molecule has 0 heterocycles. The number of carbonyl (C=O) groups is 1. The normalized spacial score (nSPS) is 25.1. The molecule has 1 aliphatic carbocycles. The highest BCUT2D eigenvalue weighted by Gasteiger charge is 2.45. The van der Waals surface area contributed by atoms with Crippen molar-refractivity contribution in [1.82, 2.24) is 0 Å². The lowest BCUT2D eigenvalue weighted by atomic mass is 9.76. The number of hydrogen-bond acceptors (Lipinski definition) is 2. The van der Waals surface area contributed by atoms with Gasteiger partial charge in [-0.3, -0.25) is 4.79 Å². The summed E-state index contributed by atoms with van der Waals surface area (Å²) >= 11 is 0. The van der Waals surface area contributed by atoms with Gasteiger partial charge in [-0.2, -0.15) is 0 Å². The SMILES string of the molecule is COc1ccc2cc([C@H]3CCC[C@@]3(C)C(=O)O)ccc2c1. The molecule has 1 aliphatic rings. The Labute approximate surface area is 124 Å². The van der Waals surface area contributed by atoms with Crippen LogP contribution in [-0.4, -0.2) is 18.2 Å². The van der Waals surface area contributed by atoms with Crippen LogP contribution >= 0.6 is 0 Å². The van der Waals surface area contributed by atoms with Gasteiger partial charge < -0.3 is 9.84 Å². The van der Waals surface area contributed by atoms with Crippen molar-refractivity contribution in [2.24, 2.45) is 5.41 Å². The van der Waals surface area contributed by atoms with E-state index in [0.29, 0.717) is 0 Å². The molecule has 3 heteroatoms. The Balaban J connectivity index is 2.03. The van der Waals surface area contributed by atoms with Crippen molar-refractivity contribution in [3.8, 4) is 5.75 Å². The quantitative estimate of drug-likeness (QED) is 0.918. The molecule has 1 N–H and O–H groups in total. The van der Waals surface area contributed by atoms with Crippen molar-refractivity contribution in [3.63, 3.8) is 0 Å². The van der Waals surface area contributed by atoms with Gasteiger partial charge in [0, 0.05) is 0 Å². The summed E-state index contributed by atoms with van der Waals surface area (Å²) in [5, 5.41) is 11.8. The van der Waals surface area contributed by atoms with Crippen LogP contribution in [0, 0.1) is 5.41 Å². The molecule has 110 valence electrons. The van der Waals surface area contributed by atoms with Crippen LogP contribution in [0.4, 0.5) is 0 Å². The van der Waals surface area contributed by atoms with Gasteiger partial charge in [0.1, 0.15) is 5.75 Å².